The van der Waals surface area contributed by atoms with E-state index in [9.17, 15) is 5.11 Å². The van der Waals surface area contributed by atoms with E-state index in [0.29, 0.717) is 0 Å². The summed E-state index contributed by atoms with van der Waals surface area (Å²) in [5.41, 5.74) is 6.28. The number of benzene rings is 2. The predicted molar refractivity (Wildman–Crippen MR) is 94.1 cm³/mol. The third-order valence-electron chi connectivity index (χ3n) is 4.13. The van der Waals surface area contributed by atoms with E-state index in [0.717, 1.165) is 40.9 Å². The fourth-order valence-electron chi connectivity index (χ4n) is 2.92. The number of hydrogen-bond donors (Lipinski definition) is 1. The zero-order chi connectivity index (χ0) is 16.4. The highest BCUT2D eigenvalue weighted by molar-refractivity contribution is 5.72. The number of aryl methyl sites for hydroxylation is 2. The number of nitrogens with zero attached hydrogens (tertiary/aromatic N) is 2. The third kappa shape index (κ3) is 2.87. The molecule has 1 N–H and O–H groups in total. The molecular weight excluding hydrogens is 284 g/mol. The van der Waals surface area contributed by atoms with E-state index in [1.807, 2.05) is 35.0 Å². The minimum Gasteiger partial charge on any atom is -0.492 e. The van der Waals surface area contributed by atoms with Gasteiger partial charge in [0.1, 0.15) is 0 Å². The summed E-state index contributed by atoms with van der Waals surface area (Å²) in [7, 11) is 0. The van der Waals surface area contributed by atoms with Crippen molar-refractivity contribution in [3.63, 3.8) is 0 Å². The largest absolute Gasteiger partial charge is 0.492 e. The van der Waals surface area contributed by atoms with Gasteiger partial charge in [0.25, 0.3) is 0 Å². The molecule has 1 aromatic heterocycles. The Morgan fingerprint density at radius 2 is 1.70 bits per heavy atom. The maximum atomic E-state index is 10.5. The fraction of sp³-hybridized carbons (Fsp3) is 0.250. The first kappa shape index (κ1) is 15.3. The summed E-state index contributed by atoms with van der Waals surface area (Å²) in [6.45, 7) is 6.27. The van der Waals surface area contributed by atoms with Crippen LogP contribution in [0.15, 0.2) is 48.5 Å². The molecule has 0 saturated heterocycles. The Labute approximate surface area is 137 Å². The molecule has 0 amide bonds. The van der Waals surface area contributed by atoms with Crippen LogP contribution in [0.1, 0.15) is 30.2 Å². The van der Waals surface area contributed by atoms with Crippen molar-refractivity contribution >= 4 is 0 Å². The molecule has 2 aromatic carbocycles. The second-order valence-corrected chi connectivity index (χ2v) is 5.96. The molecule has 0 aliphatic heterocycles. The van der Waals surface area contributed by atoms with E-state index in [1.165, 1.54) is 5.56 Å². The lowest BCUT2D eigenvalue weighted by Crippen LogP contribution is -2.04. The Balaban J connectivity index is 2.21. The van der Waals surface area contributed by atoms with Crippen molar-refractivity contribution in [1.29, 1.82) is 0 Å². The van der Waals surface area contributed by atoms with E-state index < -0.39 is 0 Å². The second-order valence-electron chi connectivity index (χ2n) is 5.96. The van der Waals surface area contributed by atoms with Crippen molar-refractivity contribution in [2.24, 2.45) is 0 Å². The lowest BCUT2D eigenvalue weighted by molar-refractivity contribution is 0.449. The molecule has 0 aliphatic rings. The standard InChI is InChI=1S/C20H22N2O/c1-4-7-18-19(16-12-10-14(2)11-13-16)20(23)21-22(18)17-9-6-5-8-15(17)3/h5-6,8-13H,4,7H2,1-3H3,(H,21,23). The van der Waals surface area contributed by atoms with Crippen LogP contribution in [0.3, 0.4) is 0 Å². The summed E-state index contributed by atoms with van der Waals surface area (Å²) in [6, 6.07) is 16.4. The van der Waals surface area contributed by atoms with Crippen molar-refractivity contribution in [2.75, 3.05) is 0 Å². The molecule has 118 valence electrons. The molecule has 0 unspecified atom stereocenters. The number of aromatic nitrogens is 2. The number of aromatic hydroxyl groups is 1. The van der Waals surface area contributed by atoms with E-state index in [-0.39, 0.29) is 5.88 Å². The van der Waals surface area contributed by atoms with Crippen molar-refractivity contribution in [2.45, 2.75) is 33.6 Å². The zero-order valence-corrected chi connectivity index (χ0v) is 13.9. The van der Waals surface area contributed by atoms with Crippen LogP contribution < -0.4 is 0 Å². The zero-order valence-electron chi connectivity index (χ0n) is 13.9. The van der Waals surface area contributed by atoms with Gasteiger partial charge in [0, 0.05) is 0 Å². The van der Waals surface area contributed by atoms with Crippen LogP contribution in [-0.4, -0.2) is 14.9 Å². The Kier molecular flexibility index (Phi) is 4.20. The monoisotopic (exact) mass is 306 g/mol. The van der Waals surface area contributed by atoms with Crippen LogP contribution in [0.25, 0.3) is 16.8 Å². The van der Waals surface area contributed by atoms with Crippen molar-refractivity contribution in [1.82, 2.24) is 9.78 Å². The lowest BCUT2D eigenvalue weighted by Gasteiger charge is -2.11. The van der Waals surface area contributed by atoms with Gasteiger partial charge in [0.2, 0.25) is 5.88 Å². The van der Waals surface area contributed by atoms with Crippen LogP contribution in [0.2, 0.25) is 0 Å². The summed E-state index contributed by atoms with van der Waals surface area (Å²) in [5, 5.41) is 14.9. The molecule has 0 radical (unpaired) electrons. The molecule has 0 atom stereocenters. The smallest absolute Gasteiger partial charge is 0.239 e. The van der Waals surface area contributed by atoms with Gasteiger partial charge < -0.3 is 5.11 Å². The molecule has 0 fully saturated rings. The van der Waals surface area contributed by atoms with Crippen LogP contribution in [0, 0.1) is 13.8 Å². The maximum absolute atomic E-state index is 10.5. The minimum absolute atomic E-state index is 0.0977. The maximum Gasteiger partial charge on any atom is 0.239 e. The molecule has 0 saturated carbocycles. The Bertz CT molecular complexity index is 816. The molecule has 23 heavy (non-hydrogen) atoms. The SMILES string of the molecule is CCCc1c(-c2ccc(C)cc2)c(O)nn1-c1ccccc1C. The molecule has 3 aromatic rings. The number of hydrogen-bond acceptors (Lipinski definition) is 2. The topological polar surface area (TPSA) is 38.1 Å². The van der Waals surface area contributed by atoms with Crippen LogP contribution in [0.4, 0.5) is 0 Å². The summed E-state index contributed by atoms with van der Waals surface area (Å²) in [5.74, 6) is 0.0977. The van der Waals surface area contributed by atoms with Crippen LogP contribution in [-0.2, 0) is 6.42 Å². The van der Waals surface area contributed by atoms with E-state index in [1.54, 1.807) is 0 Å². The predicted octanol–water partition coefficient (Wildman–Crippen LogP) is 4.81. The van der Waals surface area contributed by atoms with Gasteiger partial charge in [-0.15, -0.1) is 5.10 Å². The average Bonchev–Trinajstić information content (AvgIpc) is 2.86. The first-order valence-corrected chi connectivity index (χ1v) is 8.05. The van der Waals surface area contributed by atoms with Gasteiger partial charge in [-0.25, -0.2) is 4.68 Å². The minimum atomic E-state index is 0.0977. The normalized spacial score (nSPS) is 10.9. The van der Waals surface area contributed by atoms with E-state index in [4.69, 9.17) is 0 Å². The van der Waals surface area contributed by atoms with Crippen molar-refractivity contribution < 1.29 is 5.11 Å². The molecule has 0 bridgehead atoms. The highest BCUT2D eigenvalue weighted by atomic mass is 16.3. The molecule has 3 heteroatoms. The highest BCUT2D eigenvalue weighted by Crippen LogP contribution is 2.35. The Morgan fingerprint density at radius 3 is 2.35 bits per heavy atom. The van der Waals surface area contributed by atoms with Gasteiger partial charge in [-0.05, 0) is 37.5 Å². The molecule has 0 aliphatic carbocycles. The van der Waals surface area contributed by atoms with Gasteiger partial charge in [0.05, 0.1) is 16.9 Å². The van der Waals surface area contributed by atoms with Crippen molar-refractivity contribution in [3.8, 4) is 22.7 Å². The fourth-order valence-corrected chi connectivity index (χ4v) is 2.92. The Morgan fingerprint density at radius 1 is 1.00 bits per heavy atom. The molecule has 3 rings (SSSR count). The van der Waals surface area contributed by atoms with Gasteiger partial charge in [0.15, 0.2) is 0 Å². The van der Waals surface area contributed by atoms with Gasteiger partial charge in [-0.3, -0.25) is 0 Å². The van der Waals surface area contributed by atoms with Crippen LogP contribution in [0.5, 0.6) is 5.88 Å². The Hall–Kier alpha value is -2.55. The van der Waals surface area contributed by atoms with Crippen molar-refractivity contribution in [3.05, 3.63) is 65.4 Å². The average molecular weight is 306 g/mol. The summed E-state index contributed by atoms with van der Waals surface area (Å²) in [6.07, 6.45) is 1.86. The quantitative estimate of drug-likeness (QED) is 0.751. The number of rotatable bonds is 4. The lowest BCUT2D eigenvalue weighted by atomic mass is 10.0. The summed E-state index contributed by atoms with van der Waals surface area (Å²) in [4.78, 5) is 0. The van der Waals surface area contributed by atoms with Crippen LogP contribution >= 0.6 is 0 Å². The summed E-state index contributed by atoms with van der Waals surface area (Å²) < 4.78 is 1.89. The molecule has 1 heterocycles. The third-order valence-corrected chi connectivity index (χ3v) is 4.13. The second kappa shape index (κ2) is 6.29. The summed E-state index contributed by atoms with van der Waals surface area (Å²) >= 11 is 0. The molecular formula is C20H22N2O. The van der Waals surface area contributed by atoms with E-state index in [2.05, 4.69) is 44.1 Å². The van der Waals surface area contributed by atoms with E-state index >= 15 is 0 Å². The molecule has 0 spiro atoms. The highest BCUT2D eigenvalue weighted by Gasteiger charge is 2.20. The first-order chi connectivity index (χ1) is 11.1. The van der Waals surface area contributed by atoms with Gasteiger partial charge in [-0.2, -0.15) is 0 Å². The van der Waals surface area contributed by atoms with Gasteiger partial charge in [-0.1, -0.05) is 61.4 Å². The molecule has 3 nitrogen and oxygen atoms in total. The van der Waals surface area contributed by atoms with Gasteiger partial charge >= 0.3 is 0 Å². The number of para-hydroxylation sites is 1. The first-order valence-electron chi connectivity index (χ1n) is 8.05.